The molecule has 4 bridgehead atoms. The van der Waals surface area contributed by atoms with Crippen LogP contribution in [0.25, 0.3) is 16.5 Å². The first kappa shape index (κ1) is 18.6. The molecule has 3 atom stereocenters. The molecule has 32 heavy (non-hydrogen) atoms. The number of fused-ring (bicyclic) bond motifs is 5. The summed E-state index contributed by atoms with van der Waals surface area (Å²) in [4.78, 5) is 4.50. The summed E-state index contributed by atoms with van der Waals surface area (Å²) in [5.74, 6) is 7.11. The van der Waals surface area contributed by atoms with Crippen molar-refractivity contribution in [3.8, 4) is 0 Å². The molecule has 2 aromatic rings. The molecule has 9 rings (SSSR count). The second kappa shape index (κ2) is 6.84. The molecule has 0 radical (unpaired) electrons. The molecule has 166 valence electrons. The van der Waals surface area contributed by atoms with Gasteiger partial charge in [0.2, 0.25) is 0 Å². The predicted molar refractivity (Wildman–Crippen MR) is 130 cm³/mol. The fraction of sp³-hybridized carbons (Fsp3) is 0.633. The highest BCUT2D eigenvalue weighted by atomic mass is 15.0. The van der Waals surface area contributed by atoms with E-state index >= 15 is 0 Å². The van der Waals surface area contributed by atoms with E-state index in [4.69, 9.17) is 0 Å². The predicted octanol–water partition coefficient (Wildman–Crippen LogP) is 7.36. The molecular weight excluding hydrogens is 388 g/mol. The Bertz CT molecular complexity index is 1110. The van der Waals surface area contributed by atoms with E-state index in [2.05, 4.69) is 40.0 Å². The van der Waals surface area contributed by atoms with Gasteiger partial charge in [-0.25, -0.2) is 0 Å². The SMILES string of the molecule is C1=CC2CC(CC3C4CC5CC(C4)CC3C5)CCC2n2c3c(c4cnccc42)CCC=C13. The lowest BCUT2D eigenvalue weighted by Gasteiger charge is -2.55. The van der Waals surface area contributed by atoms with Crippen molar-refractivity contribution in [2.45, 2.75) is 76.7 Å². The van der Waals surface area contributed by atoms with E-state index in [9.17, 15) is 0 Å². The van der Waals surface area contributed by atoms with Gasteiger partial charge in [-0.3, -0.25) is 4.98 Å². The molecule has 2 heteroatoms. The highest BCUT2D eigenvalue weighted by Gasteiger charge is 2.49. The molecule has 6 aliphatic carbocycles. The number of hydrogen-bond acceptors (Lipinski definition) is 1. The van der Waals surface area contributed by atoms with Crippen molar-refractivity contribution in [1.29, 1.82) is 0 Å². The normalized spacial score (nSPS) is 41.3. The fourth-order valence-electron chi connectivity index (χ4n) is 9.81. The zero-order valence-electron chi connectivity index (χ0n) is 19.3. The van der Waals surface area contributed by atoms with Crippen molar-refractivity contribution < 1.29 is 0 Å². The summed E-state index contributed by atoms with van der Waals surface area (Å²) in [6, 6.07) is 2.92. The Hall–Kier alpha value is -1.83. The van der Waals surface area contributed by atoms with Crippen molar-refractivity contribution in [3.05, 3.63) is 47.9 Å². The number of allylic oxidation sites excluding steroid dienone is 4. The molecule has 3 unspecified atom stereocenters. The summed E-state index contributed by atoms with van der Waals surface area (Å²) >= 11 is 0. The number of nitrogens with zero attached hydrogens (tertiary/aromatic N) is 2. The van der Waals surface area contributed by atoms with Crippen LogP contribution in [-0.4, -0.2) is 9.55 Å². The average Bonchev–Trinajstić information content (AvgIpc) is 3.05. The van der Waals surface area contributed by atoms with Crippen molar-refractivity contribution in [2.75, 3.05) is 0 Å². The van der Waals surface area contributed by atoms with Gasteiger partial charge < -0.3 is 4.57 Å². The Kier molecular flexibility index (Phi) is 3.97. The number of aryl methyl sites for hydroxylation is 1. The van der Waals surface area contributed by atoms with E-state index < -0.39 is 0 Å². The van der Waals surface area contributed by atoms with Crippen molar-refractivity contribution in [2.24, 2.45) is 41.4 Å². The Morgan fingerprint density at radius 3 is 2.66 bits per heavy atom. The average molecular weight is 425 g/mol. The summed E-state index contributed by atoms with van der Waals surface area (Å²) < 4.78 is 2.76. The Morgan fingerprint density at radius 2 is 1.81 bits per heavy atom. The minimum Gasteiger partial charge on any atom is -0.336 e. The lowest BCUT2D eigenvalue weighted by Crippen LogP contribution is -2.45. The van der Waals surface area contributed by atoms with E-state index in [0.717, 1.165) is 35.5 Å². The quantitative estimate of drug-likeness (QED) is 0.492. The number of aromatic nitrogens is 2. The smallest absolute Gasteiger partial charge is 0.0524 e. The summed E-state index contributed by atoms with van der Waals surface area (Å²) in [6.45, 7) is 0. The van der Waals surface area contributed by atoms with Crippen LogP contribution < -0.4 is 0 Å². The van der Waals surface area contributed by atoms with Crippen LogP contribution in [0.4, 0.5) is 0 Å². The van der Waals surface area contributed by atoms with Crippen LogP contribution in [0.5, 0.6) is 0 Å². The fourth-order valence-corrected chi connectivity index (χ4v) is 9.81. The summed E-state index contributed by atoms with van der Waals surface area (Å²) in [5.41, 5.74) is 6.01. The van der Waals surface area contributed by atoms with Crippen LogP contribution in [0.2, 0.25) is 0 Å². The standard InChI is InChI=1S/C30H36N2/c1-2-21-5-6-22-11-18(16-26-23-12-19-10-20(14-23)15-24(26)13-19)4-7-28(22)32-29-8-9-31-17-27(29)25(3-1)30(21)32/h2,5-6,8-9,17-20,22-24,26,28H,1,3-4,7,10-16H2. The molecule has 1 aliphatic heterocycles. The maximum Gasteiger partial charge on any atom is 0.0524 e. The third kappa shape index (κ3) is 2.62. The first-order valence-corrected chi connectivity index (χ1v) is 13.7. The number of pyridine rings is 1. The summed E-state index contributed by atoms with van der Waals surface area (Å²) in [7, 11) is 0. The molecule has 5 fully saturated rings. The van der Waals surface area contributed by atoms with Gasteiger partial charge in [0.15, 0.2) is 0 Å². The molecular formula is C30H36N2. The van der Waals surface area contributed by atoms with Gasteiger partial charge in [-0.05, 0) is 129 Å². The first-order chi connectivity index (χ1) is 15.8. The molecule has 5 saturated carbocycles. The molecule has 2 aromatic heterocycles. The maximum absolute atomic E-state index is 4.50. The lowest BCUT2D eigenvalue weighted by atomic mass is 9.50. The number of rotatable bonds is 2. The highest BCUT2D eigenvalue weighted by molar-refractivity contribution is 5.92. The Balaban J connectivity index is 1.11. The van der Waals surface area contributed by atoms with E-state index in [1.54, 1.807) is 44.1 Å². The van der Waals surface area contributed by atoms with Gasteiger partial charge in [0, 0.05) is 23.8 Å². The van der Waals surface area contributed by atoms with Crippen molar-refractivity contribution >= 4 is 16.5 Å². The summed E-state index contributed by atoms with van der Waals surface area (Å²) in [6.07, 6.45) is 27.8. The first-order valence-electron chi connectivity index (χ1n) is 13.7. The van der Waals surface area contributed by atoms with Crippen LogP contribution >= 0.6 is 0 Å². The molecule has 0 N–H and O–H groups in total. The van der Waals surface area contributed by atoms with Gasteiger partial charge in [-0.15, -0.1) is 0 Å². The second-order valence-corrected chi connectivity index (χ2v) is 12.4. The molecule has 7 aliphatic rings. The van der Waals surface area contributed by atoms with Gasteiger partial charge in [0.25, 0.3) is 0 Å². The largest absolute Gasteiger partial charge is 0.336 e. The van der Waals surface area contributed by atoms with Gasteiger partial charge in [-0.1, -0.05) is 18.2 Å². The Labute approximate surface area is 192 Å². The van der Waals surface area contributed by atoms with Crippen molar-refractivity contribution in [1.82, 2.24) is 9.55 Å². The molecule has 3 heterocycles. The molecule has 0 spiro atoms. The van der Waals surface area contributed by atoms with Gasteiger partial charge in [-0.2, -0.15) is 0 Å². The molecule has 0 aromatic carbocycles. The number of hydrogen-bond donors (Lipinski definition) is 0. The van der Waals surface area contributed by atoms with E-state index in [0.29, 0.717) is 12.0 Å². The second-order valence-electron chi connectivity index (χ2n) is 12.4. The van der Waals surface area contributed by atoms with Gasteiger partial charge >= 0.3 is 0 Å². The van der Waals surface area contributed by atoms with Gasteiger partial charge in [0.05, 0.1) is 11.2 Å². The third-order valence-corrected chi connectivity index (χ3v) is 10.8. The van der Waals surface area contributed by atoms with E-state index in [-0.39, 0.29) is 0 Å². The van der Waals surface area contributed by atoms with Crippen LogP contribution in [-0.2, 0) is 6.42 Å². The maximum atomic E-state index is 4.50. The van der Waals surface area contributed by atoms with Gasteiger partial charge in [0.1, 0.15) is 0 Å². The Morgan fingerprint density at radius 1 is 0.969 bits per heavy atom. The topological polar surface area (TPSA) is 17.8 Å². The lowest BCUT2D eigenvalue weighted by molar-refractivity contribution is -0.0489. The van der Waals surface area contributed by atoms with Crippen LogP contribution in [0.1, 0.15) is 81.5 Å². The van der Waals surface area contributed by atoms with E-state index in [1.807, 2.05) is 6.20 Å². The third-order valence-electron chi connectivity index (χ3n) is 10.8. The molecule has 2 nitrogen and oxygen atoms in total. The zero-order chi connectivity index (χ0) is 20.8. The molecule has 0 amide bonds. The van der Waals surface area contributed by atoms with Crippen LogP contribution in [0, 0.1) is 41.4 Å². The van der Waals surface area contributed by atoms with Crippen LogP contribution in [0.3, 0.4) is 0 Å². The van der Waals surface area contributed by atoms with Crippen molar-refractivity contribution in [3.63, 3.8) is 0 Å². The molecule has 0 saturated heterocycles. The monoisotopic (exact) mass is 424 g/mol. The van der Waals surface area contributed by atoms with Crippen LogP contribution in [0.15, 0.2) is 36.7 Å². The summed E-state index contributed by atoms with van der Waals surface area (Å²) in [5, 5.41) is 1.41. The minimum atomic E-state index is 0.638. The zero-order valence-corrected chi connectivity index (χ0v) is 19.3. The highest BCUT2D eigenvalue weighted by Crippen LogP contribution is 2.59. The van der Waals surface area contributed by atoms with E-state index in [1.165, 1.54) is 54.3 Å². The minimum absolute atomic E-state index is 0.638.